The Bertz CT molecular complexity index is 1260. The zero-order chi connectivity index (χ0) is 21.0. The SMILES string of the molecule is Cc1noc(CCNC(=O)CCNS(=O)(=O)c2ccc3[nH]c(=O)[nH]c(=O)c3c2)n1. The largest absolute Gasteiger partial charge is 0.356 e. The number of fused-ring (bicyclic) bond motifs is 1. The van der Waals surface area contributed by atoms with Gasteiger partial charge < -0.3 is 14.8 Å². The highest BCUT2D eigenvalue weighted by Gasteiger charge is 2.16. The summed E-state index contributed by atoms with van der Waals surface area (Å²) in [7, 11) is -3.94. The molecular formula is C16H18N6O6S. The minimum absolute atomic E-state index is 0.0291. The van der Waals surface area contributed by atoms with E-state index in [0.717, 1.165) is 6.07 Å². The van der Waals surface area contributed by atoms with Gasteiger partial charge in [-0.25, -0.2) is 17.9 Å². The van der Waals surface area contributed by atoms with E-state index >= 15 is 0 Å². The molecule has 0 aliphatic carbocycles. The number of aromatic amines is 2. The number of sulfonamides is 1. The lowest BCUT2D eigenvalue weighted by Crippen LogP contribution is -2.31. The van der Waals surface area contributed by atoms with Gasteiger partial charge in [-0.1, -0.05) is 5.16 Å². The van der Waals surface area contributed by atoms with Crippen LogP contribution in [-0.2, 0) is 21.2 Å². The van der Waals surface area contributed by atoms with E-state index in [2.05, 4.69) is 25.2 Å². The van der Waals surface area contributed by atoms with Crippen LogP contribution in [0, 0.1) is 6.92 Å². The number of hydrogen-bond acceptors (Lipinski definition) is 8. The number of aryl methyl sites for hydroxylation is 1. The molecule has 0 unspecified atom stereocenters. The molecule has 13 heteroatoms. The van der Waals surface area contributed by atoms with Crippen molar-refractivity contribution in [1.29, 1.82) is 0 Å². The van der Waals surface area contributed by atoms with Gasteiger partial charge >= 0.3 is 5.69 Å². The Hall–Kier alpha value is -3.32. The molecule has 0 bridgehead atoms. The first-order valence-corrected chi connectivity index (χ1v) is 10.0. The molecule has 0 saturated carbocycles. The molecule has 154 valence electrons. The van der Waals surface area contributed by atoms with Gasteiger partial charge in [0.05, 0.1) is 15.8 Å². The molecule has 0 atom stereocenters. The molecule has 0 fully saturated rings. The number of nitrogens with one attached hydrogen (secondary N) is 4. The monoisotopic (exact) mass is 422 g/mol. The summed E-state index contributed by atoms with van der Waals surface area (Å²) in [6.07, 6.45) is 0.287. The number of H-pyrrole nitrogens is 2. The van der Waals surface area contributed by atoms with E-state index in [4.69, 9.17) is 4.52 Å². The second-order valence-electron chi connectivity index (χ2n) is 6.10. The molecule has 3 aromatic rings. The van der Waals surface area contributed by atoms with Crippen LogP contribution < -0.4 is 21.3 Å². The van der Waals surface area contributed by atoms with Crippen LogP contribution in [0.15, 0.2) is 37.2 Å². The third kappa shape index (κ3) is 5.14. The highest BCUT2D eigenvalue weighted by atomic mass is 32.2. The molecule has 29 heavy (non-hydrogen) atoms. The van der Waals surface area contributed by atoms with Gasteiger partial charge in [-0.15, -0.1) is 0 Å². The molecular weight excluding hydrogens is 404 g/mol. The normalized spacial score (nSPS) is 11.6. The van der Waals surface area contributed by atoms with Gasteiger partial charge in [0.15, 0.2) is 5.82 Å². The van der Waals surface area contributed by atoms with Gasteiger partial charge in [0, 0.05) is 25.9 Å². The second-order valence-corrected chi connectivity index (χ2v) is 7.87. The van der Waals surface area contributed by atoms with Crippen LogP contribution in [0.2, 0.25) is 0 Å². The zero-order valence-corrected chi connectivity index (χ0v) is 16.1. The summed E-state index contributed by atoms with van der Waals surface area (Å²) >= 11 is 0. The number of carbonyl (C=O) groups excluding carboxylic acids is 1. The van der Waals surface area contributed by atoms with Crippen LogP contribution in [0.25, 0.3) is 10.9 Å². The molecule has 0 radical (unpaired) electrons. The van der Waals surface area contributed by atoms with Gasteiger partial charge in [0.1, 0.15) is 0 Å². The molecule has 0 aliphatic heterocycles. The fraction of sp³-hybridized carbons (Fsp3) is 0.312. The predicted octanol–water partition coefficient (Wildman–Crippen LogP) is -1.06. The van der Waals surface area contributed by atoms with Crippen molar-refractivity contribution in [2.75, 3.05) is 13.1 Å². The highest BCUT2D eigenvalue weighted by Crippen LogP contribution is 2.13. The summed E-state index contributed by atoms with van der Waals surface area (Å²) in [6.45, 7) is 1.83. The van der Waals surface area contributed by atoms with Gasteiger partial charge in [-0.2, -0.15) is 4.98 Å². The van der Waals surface area contributed by atoms with Crippen LogP contribution in [0.3, 0.4) is 0 Å². The lowest BCUT2D eigenvalue weighted by Gasteiger charge is -2.08. The summed E-state index contributed by atoms with van der Waals surface area (Å²) < 4.78 is 32.0. The standard InChI is InChI=1S/C16H18N6O6S/c1-9-19-14(28-22-9)5-6-17-13(23)4-7-18-29(26,27)10-2-3-12-11(8-10)15(24)21-16(25)20-12/h2-3,8,18H,4-7H2,1H3,(H,17,23)(H2,20,21,24,25). The fourth-order valence-electron chi connectivity index (χ4n) is 2.53. The summed E-state index contributed by atoms with van der Waals surface area (Å²) in [5, 5.41) is 6.29. The van der Waals surface area contributed by atoms with Crippen LogP contribution in [-0.4, -0.2) is 47.5 Å². The van der Waals surface area contributed by atoms with Crippen molar-refractivity contribution in [3.05, 3.63) is 50.8 Å². The van der Waals surface area contributed by atoms with Crippen molar-refractivity contribution < 1.29 is 17.7 Å². The average molecular weight is 422 g/mol. The van der Waals surface area contributed by atoms with Crippen molar-refractivity contribution in [1.82, 2.24) is 30.1 Å². The maximum absolute atomic E-state index is 12.4. The third-order valence-corrected chi connectivity index (χ3v) is 5.35. The average Bonchev–Trinajstić information content (AvgIpc) is 3.06. The van der Waals surface area contributed by atoms with E-state index in [-0.39, 0.29) is 41.2 Å². The quantitative estimate of drug-likeness (QED) is 0.354. The van der Waals surface area contributed by atoms with Crippen LogP contribution >= 0.6 is 0 Å². The first-order valence-electron chi connectivity index (χ1n) is 8.56. The molecule has 1 aromatic carbocycles. The van der Waals surface area contributed by atoms with E-state index < -0.39 is 21.3 Å². The smallest absolute Gasteiger partial charge is 0.326 e. The van der Waals surface area contributed by atoms with E-state index in [1.807, 2.05) is 4.98 Å². The van der Waals surface area contributed by atoms with Gasteiger partial charge in [0.2, 0.25) is 21.8 Å². The van der Waals surface area contributed by atoms with Crippen LogP contribution in [0.1, 0.15) is 18.1 Å². The van der Waals surface area contributed by atoms with Gasteiger partial charge in [-0.05, 0) is 25.1 Å². The Morgan fingerprint density at radius 1 is 1.21 bits per heavy atom. The van der Waals surface area contributed by atoms with Crippen LogP contribution in [0.5, 0.6) is 0 Å². The molecule has 1 amide bonds. The Kier molecular flexibility index (Phi) is 5.89. The lowest BCUT2D eigenvalue weighted by molar-refractivity contribution is -0.120. The molecule has 12 nitrogen and oxygen atoms in total. The maximum atomic E-state index is 12.4. The van der Waals surface area contributed by atoms with Crippen molar-refractivity contribution in [3.8, 4) is 0 Å². The Labute approximate surface area is 163 Å². The van der Waals surface area contributed by atoms with Crippen molar-refractivity contribution in [3.63, 3.8) is 0 Å². The number of amides is 1. The highest BCUT2D eigenvalue weighted by molar-refractivity contribution is 7.89. The second kappa shape index (κ2) is 8.36. The minimum atomic E-state index is -3.94. The Morgan fingerprint density at radius 2 is 2.00 bits per heavy atom. The first kappa shape index (κ1) is 20.4. The molecule has 2 aromatic heterocycles. The number of carbonyl (C=O) groups is 1. The topological polar surface area (TPSA) is 180 Å². The number of nitrogens with zero attached hydrogens (tertiary/aromatic N) is 2. The van der Waals surface area contributed by atoms with Crippen LogP contribution in [0.4, 0.5) is 0 Å². The summed E-state index contributed by atoms with van der Waals surface area (Å²) in [5.74, 6) is 0.551. The molecule has 0 saturated heterocycles. The maximum Gasteiger partial charge on any atom is 0.326 e. The zero-order valence-electron chi connectivity index (χ0n) is 15.3. The molecule has 4 N–H and O–H groups in total. The lowest BCUT2D eigenvalue weighted by atomic mass is 10.2. The van der Waals surface area contributed by atoms with E-state index in [1.165, 1.54) is 12.1 Å². The molecule has 2 heterocycles. The number of hydrogen-bond donors (Lipinski definition) is 4. The number of rotatable bonds is 8. The van der Waals surface area contributed by atoms with E-state index in [0.29, 0.717) is 18.1 Å². The number of aromatic nitrogens is 4. The Morgan fingerprint density at radius 3 is 2.72 bits per heavy atom. The predicted molar refractivity (Wildman–Crippen MR) is 101 cm³/mol. The van der Waals surface area contributed by atoms with E-state index in [9.17, 15) is 22.8 Å². The van der Waals surface area contributed by atoms with Gasteiger partial charge in [0.25, 0.3) is 5.56 Å². The minimum Gasteiger partial charge on any atom is -0.356 e. The Balaban J connectivity index is 1.54. The summed E-state index contributed by atoms with van der Waals surface area (Å²) in [6, 6.07) is 3.73. The van der Waals surface area contributed by atoms with Crippen molar-refractivity contribution in [2.24, 2.45) is 0 Å². The summed E-state index contributed by atoms with van der Waals surface area (Å²) in [5.41, 5.74) is -1.17. The third-order valence-electron chi connectivity index (χ3n) is 3.90. The van der Waals surface area contributed by atoms with Gasteiger partial charge in [-0.3, -0.25) is 14.6 Å². The van der Waals surface area contributed by atoms with E-state index in [1.54, 1.807) is 6.92 Å². The fourth-order valence-corrected chi connectivity index (χ4v) is 3.59. The molecule has 0 spiro atoms. The number of benzene rings is 1. The summed E-state index contributed by atoms with van der Waals surface area (Å²) in [4.78, 5) is 43.2. The molecule has 3 rings (SSSR count). The molecule has 0 aliphatic rings. The van der Waals surface area contributed by atoms with Crippen molar-refractivity contribution >= 4 is 26.8 Å². The van der Waals surface area contributed by atoms with Crippen molar-refractivity contribution in [2.45, 2.75) is 24.7 Å². The first-order chi connectivity index (χ1) is 13.7.